The lowest BCUT2D eigenvalue weighted by atomic mass is 9.66. The van der Waals surface area contributed by atoms with Crippen molar-refractivity contribution in [3.8, 4) is 22.3 Å². The highest BCUT2D eigenvalue weighted by Crippen LogP contribution is 2.61. The Morgan fingerprint density at radius 3 is 1.66 bits per heavy atom. The first-order chi connectivity index (χ1) is 21.4. The molecular formula is C42H40Br2. The van der Waals surface area contributed by atoms with Crippen LogP contribution in [0, 0.1) is 5.92 Å². The molecule has 7 rings (SSSR count). The first kappa shape index (κ1) is 29.8. The number of fused-ring (bicyclic) bond motifs is 6. The van der Waals surface area contributed by atoms with Crippen LogP contribution >= 0.6 is 31.9 Å². The summed E-state index contributed by atoms with van der Waals surface area (Å²) in [4.78, 5) is 0. The molecule has 0 amide bonds. The van der Waals surface area contributed by atoms with Gasteiger partial charge in [0.2, 0.25) is 0 Å². The fourth-order valence-electron chi connectivity index (χ4n) is 8.35. The van der Waals surface area contributed by atoms with Gasteiger partial charge in [-0.1, -0.05) is 158 Å². The Kier molecular flexibility index (Phi) is 7.96. The minimum Gasteiger partial charge on any atom is -0.0654 e. The zero-order valence-corrected chi connectivity index (χ0v) is 29.1. The lowest BCUT2D eigenvalue weighted by Crippen LogP contribution is -2.30. The second-order valence-electron chi connectivity index (χ2n) is 13.1. The van der Waals surface area contributed by atoms with E-state index in [0.717, 1.165) is 8.95 Å². The third kappa shape index (κ3) is 4.51. The van der Waals surface area contributed by atoms with Crippen LogP contribution in [-0.2, 0) is 10.8 Å². The smallest absolute Gasteiger partial charge is 0.0654 e. The average molecular weight is 705 g/mol. The molecule has 0 nitrogen and oxygen atoms in total. The Hall–Kier alpha value is -2.94. The number of unbranched alkanes of at least 4 members (excludes halogenated alkanes) is 4. The van der Waals surface area contributed by atoms with Gasteiger partial charge < -0.3 is 0 Å². The van der Waals surface area contributed by atoms with E-state index in [9.17, 15) is 0 Å². The molecule has 0 bridgehead atoms. The summed E-state index contributed by atoms with van der Waals surface area (Å²) in [5, 5.41) is 0. The van der Waals surface area contributed by atoms with Crippen LogP contribution in [0.25, 0.3) is 22.3 Å². The van der Waals surface area contributed by atoms with E-state index in [2.05, 4.69) is 162 Å². The Labute approximate surface area is 280 Å². The summed E-state index contributed by atoms with van der Waals surface area (Å²) in [7, 11) is 0. The first-order valence-electron chi connectivity index (χ1n) is 16.3. The van der Waals surface area contributed by atoms with Crippen molar-refractivity contribution in [3.63, 3.8) is 0 Å². The molecule has 0 heterocycles. The molecular weight excluding hydrogens is 664 g/mol. The van der Waals surface area contributed by atoms with E-state index in [1.165, 1.54) is 94.2 Å². The second-order valence-corrected chi connectivity index (χ2v) is 14.9. The van der Waals surface area contributed by atoms with Crippen molar-refractivity contribution in [1.82, 2.24) is 0 Å². The van der Waals surface area contributed by atoms with Crippen molar-refractivity contribution in [2.24, 2.45) is 5.92 Å². The predicted molar refractivity (Wildman–Crippen MR) is 194 cm³/mol. The minimum absolute atomic E-state index is 0.0267. The van der Waals surface area contributed by atoms with Gasteiger partial charge in [0.25, 0.3) is 0 Å². The molecule has 2 aliphatic carbocycles. The van der Waals surface area contributed by atoms with Gasteiger partial charge in [-0.05, 0) is 104 Å². The number of rotatable bonds is 9. The fraction of sp³-hybridized carbons (Fsp3) is 0.286. The van der Waals surface area contributed by atoms with E-state index in [1.807, 2.05) is 0 Å². The summed E-state index contributed by atoms with van der Waals surface area (Å²) in [5.41, 5.74) is 13.4. The van der Waals surface area contributed by atoms with Crippen molar-refractivity contribution in [2.75, 3.05) is 0 Å². The van der Waals surface area contributed by atoms with Crippen LogP contribution in [0.4, 0.5) is 0 Å². The second kappa shape index (κ2) is 11.8. The maximum Gasteiger partial charge on any atom is 0.0713 e. The highest BCUT2D eigenvalue weighted by molar-refractivity contribution is 9.10. The van der Waals surface area contributed by atoms with E-state index >= 15 is 0 Å². The summed E-state index contributed by atoms with van der Waals surface area (Å²) in [6.07, 6.45) is 7.89. The molecule has 0 aromatic heterocycles. The van der Waals surface area contributed by atoms with Crippen LogP contribution in [0.5, 0.6) is 0 Å². The van der Waals surface area contributed by atoms with Gasteiger partial charge in [-0.3, -0.25) is 0 Å². The molecule has 0 fully saturated rings. The van der Waals surface area contributed by atoms with Crippen LogP contribution in [-0.4, -0.2) is 0 Å². The maximum absolute atomic E-state index is 3.71. The summed E-state index contributed by atoms with van der Waals surface area (Å²) in [5.74, 6) is 0.545. The number of halogens is 2. The standard InChI is InChI=1S/C42H40Br2/c1-4-5-6-7-8-13-28(2)41(3)37-16-11-9-14-33(37)35-27-40-36(26-39(35)41)34-15-10-12-17-38(34)42(40,29-18-22-31(43)23-19-29)30-20-24-32(44)25-21-30/h9-12,14-28H,4-8,13H2,1-3H3. The molecule has 0 saturated carbocycles. The molecule has 222 valence electrons. The Balaban J connectivity index is 1.48. The van der Waals surface area contributed by atoms with Gasteiger partial charge in [-0.2, -0.15) is 0 Å². The van der Waals surface area contributed by atoms with E-state index in [0.29, 0.717) is 5.92 Å². The molecule has 2 heteroatoms. The molecule has 0 radical (unpaired) electrons. The molecule has 5 aromatic carbocycles. The zero-order valence-electron chi connectivity index (χ0n) is 26.0. The molecule has 0 aliphatic heterocycles. The number of benzene rings is 5. The SMILES string of the molecule is CCCCCCCC(C)C1(C)c2ccccc2-c2cc3c(cc21)-c1ccccc1C3(c1ccc(Br)cc1)c1ccc(Br)cc1. The lowest BCUT2D eigenvalue weighted by Gasteiger charge is -2.36. The molecule has 2 atom stereocenters. The monoisotopic (exact) mass is 702 g/mol. The van der Waals surface area contributed by atoms with Gasteiger partial charge in [0.15, 0.2) is 0 Å². The van der Waals surface area contributed by atoms with Crippen LogP contribution in [0.3, 0.4) is 0 Å². The maximum atomic E-state index is 3.71. The highest BCUT2D eigenvalue weighted by Gasteiger charge is 2.49. The summed E-state index contributed by atoms with van der Waals surface area (Å²) in [6.45, 7) is 7.33. The van der Waals surface area contributed by atoms with Crippen molar-refractivity contribution < 1.29 is 0 Å². The van der Waals surface area contributed by atoms with Gasteiger partial charge in [0, 0.05) is 14.4 Å². The highest BCUT2D eigenvalue weighted by atomic mass is 79.9. The molecule has 5 aromatic rings. The van der Waals surface area contributed by atoms with Crippen molar-refractivity contribution in [2.45, 2.75) is 70.1 Å². The molecule has 2 aliphatic rings. The first-order valence-corrected chi connectivity index (χ1v) is 17.9. The van der Waals surface area contributed by atoms with E-state index in [-0.39, 0.29) is 5.41 Å². The van der Waals surface area contributed by atoms with Crippen LogP contribution in [0.15, 0.2) is 118 Å². The third-order valence-electron chi connectivity index (χ3n) is 10.8. The van der Waals surface area contributed by atoms with Crippen molar-refractivity contribution in [1.29, 1.82) is 0 Å². The predicted octanol–water partition coefficient (Wildman–Crippen LogP) is 12.9. The van der Waals surface area contributed by atoms with E-state index < -0.39 is 5.41 Å². The van der Waals surface area contributed by atoms with Crippen LogP contribution < -0.4 is 0 Å². The van der Waals surface area contributed by atoms with Gasteiger partial charge in [-0.25, -0.2) is 0 Å². The molecule has 0 saturated heterocycles. The topological polar surface area (TPSA) is 0 Å². The molecule has 0 spiro atoms. The fourth-order valence-corrected chi connectivity index (χ4v) is 8.88. The van der Waals surface area contributed by atoms with E-state index in [1.54, 1.807) is 0 Å². The van der Waals surface area contributed by atoms with Gasteiger partial charge in [0.1, 0.15) is 0 Å². The number of hydrogen-bond acceptors (Lipinski definition) is 0. The van der Waals surface area contributed by atoms with Gasteiger partial charge in [-0.15, -0.1) is 0 Å². The van der Waals surface area contributed by atoms with E-state index in [4.69, 9.17) is 0 Å². The minimum atomic E-state index is -0.415. The summed E-state index contributed by atoms with van der Waals surface area (Å²) < 4.78 is 2.20. The summed E-state index contributed by atoms with van der Waals surface area (Å²) in [6, 6.07) is 41.5. The Bertz CT molecular complexity index is 1770. The average Bonchev–Trinajstić information content (AvgIpc) is 3.48. The van der Waals surface area contributed by atoms with Crippen LogP contribution in [0.2, 0.25) is 0 Å². The number of hydrogen-bond donors (Lipinski definition) is 0. The molecule has 0 N–H and O–H groups in total. The normalized spacial score (nSPS) is 17.9. The zero-order chi connectivity index (χ0) is 30.5. The summed E-state index contributed by atoms with van der Waals surface area (Å²) >= 11 is 7.42. The molecule has 44 heavy (non-hydrogen) atoms. The lowest BCUT2D eigenvalue weighted by molar-refractivity contribution is 0.345. The molecule has 2 unspecified atom stereocenters. The third-order valence-corrected chi connectivity index (χ3v) is 11.9. The van der Waals surface area contributed by atoms with Gasteiger partial charge >= 0.3 is 0 Å². The quantitative estimate of drug-likeness (QED) is 0.131. The Morgan fingerprint density at radius 2 is 1.05 bits per heavy atom. The van der Waals surface area contributed by atoms with Crippen molar-refractivity contribution >= 4 is 31.9 Å². The van der Waals surface area contributed by atoms with Gasteiger partial charge in [0.05, 0.1) is 5.41 Å². The van der Waals surface area contributed by atoms with Crippen LogP contribution in [0.1, 0.15) is 92.7 Å². The largest absolute Gasteiger partial charge is 0.0713 e. The Morgan fingerprint density at radius 1 is 0.545 bits per heavy atom. The van der Waals surface area contributed by atoms with Crippen molar-refractivity contribution in [3.05, 3.63) is 152 Å².